The summed E-state index contributed by atoms with van der Waals surface area (Å²) < 4.78 is 22.2. The monoisotopic (exact) mass is 600 g/mol. The van der Waals surface area contributed by atoms with Gasteiger partial charge in [0.1, 0.15) is 11.6 Å². The highest BCUT2D eigenvalue weighted by Gasteiger charge is 2.39. The number of ether oxygens (including phenoxy) is 1. The number of fused-ring (bicyclic) bond motifs is 1. The Hall–Kier alpha value is -2.65. The smallest absolute Gasteiger partial charge is 0.329 e. The summed E-state index contributed by atoms with van der Waals surface area (Å²) in [5.74, 6) is 0.586. The Morgan fingerprint density at radius 3 is 2.56 bits per heavy atom. The third-order valence-corrected chi connectivity index (χ3v) is 7.75. The molecule has 188 valence electrons. The van der Waals surface area contributed by atoms with E-state index in [0.717, 1.165) is 36.9 Å². The number of nitrogens with one attached hydrogen (secondary N) is 2. The lowest BCUT2D eigenvalue weighted by Gasteiger charge is -2.30. The largest absolute Gasteiger partial charge is 0.497 e. The van der Waals surface area contributed by atoms with Gasteiger partial charge in [0.15, 0.2) is 0 Å². The first-order valence-corrected chi connectivity index (χ1v) is 13.5. The van der Waals surface area contributed by atoms with E-state index in [9.17, 15) is 9.18 Å². The first kappa shape index (κ1) is 25.0. The van der Waals surface area contributed by atoms with Crippen LogP contribution in [0.5, 0.6) is 5.75 Å². The number of carbonyl (C=O) groups is 1. The van der Waals surface area contributed by atoms with Gasteiger partial charge in [0.05, 0.1) is 41.9 Å². The van der Waals surface area contributed by atoms with Crippen molar-refractivity contribution in [3.05, 3.63) is 83.2 Å². The molecule has 1 aliphatic heterocycles. The fraction of sp³-hybridized carbons (Fsp3) is 0.345. The van der Waals surface area contributed by atoms with Crippen LogP contribution in [0.2, 0.25) is 0 Å². The molecule has 0 spiro atoms. The zero-order chi connectivity index (χ0) is 25.2. The molecule has 7 heteroatoms. The van der Waals surface area contributed by atoms with Crippen molar-refractivity contribution in [1.82, 2.24) is 3.69 Å². The van der Waals surface area contributed by atoms with Crippen LogP contribution < -0.4 is 13.7 Å². The lowest BCUT2D eigenvalue weighted by molar-refractivity contribution is -0.151. The highest BCUT2D eigenvalue weighted by Crippen LogP contribution is 2.48. The number of carbonyl (C=O) groups excluding carboxylic acids is 1. The molecule has 36 heavy (non-hydrogen) atoms. The summed E-state index contributed by atoms with van der Waals surface area (Å²) in [6, 6.07) is 19.7. The van der Waals surface area contributed by atoms with Crippen molar-refractivity contribution in [3.8, 4) is 16.9 Å². The topological polar surface area (TPSA) is 59.6 Å². The quantitative estimate of drug-likeness (QED) is 0.164. The summed E-state index contributed by atoms with van der Waals surface area (Å²) >= 11 is 1.83. The maximum atomic E-state index is 14.4. The van der Waals surface area contributed by atoms with E-state index in [-0.39, 0.29) is 29.7 Å². The summed E-state index contributed by atoms with van der Waals surface area (Å²) in [6.45, 7) is 1.96. The molecule has 1 saturated carbocycles. The van der Waals surface area contributed by atoms with E-state index in [0.29, 0.717) is 17.2 Å². The number of rotatable bonds is 8. The molecule has 2 aliphatic rings. The van der Waals surface area contributed by atoms with Crippen LogP contribution in [0.25, 0.3) is 11.1 Å². The molecule has 3 aromatic carbocycles. The first-order chi connectivity index (χ1) is 17.5. The zero-order valence-electron chi connectivity index (χ0n) is 20.4. The number of benzene rings is 3. The molecule has 0 radical (unpaired) electrons. The van der Waals surface area contributed by atoms with Gasteiger partial charge in [-0.05, 0) is 84.0 Å². The standard InChI is InChI=1S/C29H30FIN2O3/c1-17(29(34)36-33-31)28(21-8-9-21)22-10-7-20-11-14-26(32-27(20)15-22)19-5-3-18(4-6-19)24-16-23(35-2)12-13-25(24)30/h3-7,10,12-13,15-17,21,26,28,32-33H,8-9,11,14H2,1-2H3/t17-,26?,28-/m0/s1. The molecule has 5 rings (SSSR count). The average Bonchev–Trinajstić information content (AvgIpc) is 3.74. The fourth-order valence-corrected chi connectivity index (χ4v) is 5.63. The van der Waals surface area contributed by atoms with Crippen molar-refractivity contribution in [3.63, 3.8) is 0 Å². The Balaban J connectivity index is 1.36. The van der Waals surface area contributed by atoms with Gasteiger partial charge in [0.2, 0.25) is 0 Å². The minimum absolute atomic E-state index is 0.145. The summed E-state index contributed by atoms with van der Waals surface area (Å²) in [5, 5.41) is 3.73. The van der Waals surface area contributed by atoms with E-state index in [1.54, 1.807) is 19.2 Å². The van der Waals surface area contributed by atoms with E-state index in [1.807, 2.05) is 41.9 Å². The van der Waals surface area contributed by atoms with Crippen LogP contribution in [-0.2, 0) is 16.1 Å². The molecular weight excluding hydrogens is 570 g/mol. The average molecular weight is 600 g/mol. The Labute approximate surface area is 225 Å². The second-order valence-corrected chi connectivity index (χ2v) is 10.2. The fourth-order valence-electron chi connectivity index (χ4n) is 5.41. The first-order valence-electron chi connectivity index (χ1n) is 12.4. The molecule has 2 N–H and O–H groups in total. The number of anilines is 1. The molecule has 0 amide bonds. The predicted octanol–water partition coefficient (Wildman–Crippen LogP) is 7.13. The molecule has 3 atom stereocenters. The SMILES string of the molecule is COc1ccc(F)c(-c2ccc(C3CCc4ccc([C@H](C5CC5)[C@H](C)C(=O)ONI)cc4N3)cc2)c1. The van der Waals surface area contributed by atoms with Gasteiger partial charge in [0.25, 0.3) is 0 Å². The van der Waals surface area contributed by atoms with E-state index < -0.39 is 0 Å². The maximum absolute atomic E-state index is 14.4. The normalized spacial score (nSPS) is 18.5. The van der Waals surface area contributed by atoms with Gasteiger partial charge in [-0.1, -0.05) is 47.0 Å². The van der Waals surface area contributed by atoms with Gasteiger partial charge < -0.3 is 14.9 Å². The van der Waals surface area contributed by atoms with Gasteiger partial charge in [-0.15, -0.1) is 0 Å². The highest BCUT2D eigenvalue weighted by atomic mass is 127. The van der Waals surface area contributed by atoms with E-state index in [1.165, 1.54) is 22.8 Å². The van der Waals surface area contributed by atoms with Gasteiger partial charge in [0, 0.05) is 11.3 Å². The van der Waals surface area contributed by atoms with Crippen LogP contribution in [0.15, 0.2) is 60.7 Å². The Kier molecular flexibility index (Phi) is 7.48. The summed E-state index contributed by atoms with van der Waals surface area (Å²) in [6.07, 6.45) is 4.25. The molecule has 5 nitrogen and oxygen atoms in total. The van der Waals surface area contributed by atoms with Crippen molar-refractivity contribution in [2.75, 3.05) is 12.4 Å². The molecule has 1 unspecified atom stereocenters. The third kappa shape index (κ3) is 5.22. The van der Waals surface area contributed by atoms with Crippen LogP contribution in [0, 0.1) is 17.7 Å². The number of methoxy groups -OCH3 is 1. The molecule has 1 aliphatic carbocycles. The molecule has 1 heterocycles. The predicted molar refractivity (Wildman–Crippen MR) is 147 cm³/mol. The van der Waals surface area contributed by atoms with Crippen molar-refractivity contribution in [2.24, 2.45) is 11.8 Å². The Morgan fingerprint density at radius 2 is 1.86 bits per heavy atom. The lowest BCUT2D eigenvalue weighted by Crippen LogP contribution is -2.26. The van der Waals surface area contributed by atoms with Crippen LogP contribution in [0.1, 0.15) is 54.8 Å². The molecule has 3 aromatic rings. The number of hydrogen-bond acceptors (Lipinski definition) is 5. The van der Waals surface area contributed by atoms with Gasteiger partial charge >= 0.3 is 5.97 Å². The van der Waals surface area contributed by atoms with Crippen LogP contribution in [-0.4, -0.2) is 13.1 Å². The number of hydrogen-bond donors (Lipinski definition) is 2. The summed E-state index contributed by atoms with van der Waals surface area (Å²) in [4.78, 5) is 17.6. The summed E-state index contributed by atoms with van der Waals surface area (Å²) in [5.41, 5.74) is 6.13. The highest BCUT2D eigenvalue weighted by molar-refractivity contribution is 14.1. The molecule has 0 saturated heterocycles. The number of halogens is 2. The van der Waals surface area contributed by atoms with E-state index in [4.69, 9.17) is 9.57 Å². The Morgan fingerprint density at radius 1 is 1.08 bits per heavy atom. The second-order valence-electron chi connectivity index (χ2n) is 9.77. The van der Waals surface area contributed by atoms with Crippen molar-refractivity contribution in [1.29, 1.82) is 0 Å². The van der Waals surface area contributed by atoms with Crippen LogP contribution in [0.3, 0.4) is 0 Å². The second kappa shape index (κ2) is 10.8. The van der Waals surface area contributed by atoms with Crippen LogP contribution in [0.4, 0.5) is 10.1 Å². The van der Waals surface area contributed by atoms with Crippen molar-refractivity contribution in [2.45, 2.75) is 44.6 Å². The summed E-state index contributed by atoms with van der Waals surface area (Å²) in [7, 11) is 1.58. The minimum atomic E-state index is -0.265. The van der Waals surface area contributed by atoms with Gasteiger partial charge in [-0.3, -0.25) is 4.79 Å². The van der Waals surface area contributed by atoms with Gasteiger partial charge in [-0.25, -0.2) is 4.39 Å². The molecule has 1 fully saturated rings. The molecule has 0 bridgehead atoms. The van der Waals surface area contributed by atoms with E-state index >= 15 is 0 Å². The zero-order valence-corrected chi connectivity index (χ0v) is 22.5. The van der Waals surface area contributed by atoms with E-state index in [2.05, 4.69) is 39.3 Å². The maximum Gasteiger partial charge on any atom is 0.329 e. The molecular formula is C29H30FIN2O3. The minimum Gasteiger partial charge on any atom is -0.497 e. The van der Waals surface area contributed by atoms with Gasteiger partial charge in [-0.2, -0.15) is 0 Å². The Bertz CT molecular complexity index is 1250. The van der Waals surface area contributed by atoms with Crippen molar-refractivity contribution >= 4 is 34.5 Å². The van der Waals surface area contributed by atoms with Crippen LogP contribution >= 0.6 is 22.9 Å². The van der Waals surface area contributed by atoms with Crippen molar-refractivity contribution < 1.29 is 18.8 Å². The lowest BCUT2D eigenvalue weighted by atomic mass is 9.81. The third-order valence-electron chi connectivity index (χ3n) is 7.53. The molecule has 0 aromatic heterocycles. The number of aryl methyl sites for hydroxylation is 1.